The van der Waals surface area contributed by atoms with Crippen LogP contribution in [0.5, 0.6) is 0 Å². The van der Waals surface area contributed by atoms with Gasteiger partial charge in [-0.05, 0) is 0 Å². The van der Waals surface area contributed by atoms with Crippen molar-refractivity contribution in [3.8, 4) is 0 Å². The fourth-order valence-corrected chi connectivity index (χ4v) is 5.30. The Kier molecular flexibility index (Phi) is 2.67. The van der Waals surface area contributed by atoms with E-state index in [1.54, 1.807) is 0 Å². The van der Waals surface area contributed by atoms with Crippen molar-refractivity contribution in [2.24, 2.45) is 0 Å². The maximum atomic E-state index is 3.64. The summed E-state index contributed by atoms with van der Waals surface area (Å²) >= 11 is 6.48. The van der Waals surface area contributed by atoms with E-state index in [2.05, 4.69) is 74.9 Å². The number of rotatable bonds is 0. The fraction of sp³-hybridized carbons (Fsp3) is 0. The van der Waals surface area contributed by atoms with Gasteiger partial charge in [0.25, 0.3) is 0 Å². The third-order valence-corrected chi connectivity index (χ3v) is 6.89. The van der Waals surface area contributed by atoms with Crippen molar-refractivity contribution < 1.29 is 0 Å². The van der Waals surface area contributed by atoms with E-state index in [0.717, 1.165) is 0 Å². The van der Waals surface area contributed by atoms with Crippen LogP contribution in [-0.4, -0.2) is 14.5 Å². The molecule has 0 atom stereocenters. The van der Waals surface area contributed by atoms with Gasteiger partial charge in [-0.1, -0.05) is 0 Å². The number of benzene rings is 2. The molecule has 0 bridgehead atoms. The van der Waals surface area contributed by atoms with Gasteiger partial charge in [0, 0.05) is 0 Å². The van der Waals surface area contributed by atoms with Crippen LogP contribution in [0.25, 0.3) is 19.3 Å². The monoisotopic (exact) mass is 436 g/mol. The Hall–Kier alpha value is 0.169. The molecule has 0 amide bonds. The summed E-state index contributed by atoms with van der Waals surface area (Å²) in [7, 11) is 0. The summed E-state index contributed by atoms with van der Waals surface area (Å²) in [6, 6.07) is 13.2. The molecule has 3 heteroatoms. The van der Waals surface area contributed by atoms with Crippen molar-refractivity contribution in [2.45, 2.75) is 0 Å². The molecule has 0 spiro atoms. The Morgan fingerprint density at radius 2 is 1.93 bits per heavy atom. The summed E-state index contributed by atoms with van der Waals surface area (Å²) in [5, 5.41) is 2.84. The molecule has 0 aliphatic carbocycles. The van der Waals surface area contributed by atoms with Crippen molar-refractivity contribution in [3.63, 3.8) is 0 Å². The van der Waals surface area contributed by atoms with Crippen LogP contribution in [0.2, 0.25) is 0 Å². The van der Waals surface area contributed by atoms with Crippen LogP contribution in [0.4, 0.5) is 0 Å². The summed E-state index contributed by atoms with van der Waals surface area (Å²) in [5.74, 6) is 0. The standard InChI is InChI=1S/C12H6BrISe/c13-10-3-1-2-8-9-6-7(14)4-5-11(9)15-12(8)10/h1-6H. The zero-order valence-electron chi connectivity index (χ0n) is 7.63. The van der Waals surface area contributed by atoms with Gasteiger partial charge in [-0.3, -0.25) is 0 Å². The number of fused-ring (bicyclic) bond motifs is 3. The molecule has 3 rings (SSSR count). The molecule has 3 aromatic rings. The zero-order chi connectivity index (χ0) is 10.4. The SMILES string of the molecule is Brc1cccc2c1[se]c1ccc(I)cc12. The van der Waals surface area contributed by atoms with Crippen LogP contribution in [0, 0.1) is 3.57 Å². The topological polar surface area (TPSA) is 0 Å². The third-order valence-electron chi connectivity index (χ3n) is 2.41. The molecule has 0 N–H and O–H groups in total. The summed E-state index contributed by atoms with van der Waals surface area (Å²) in [6.07, 6.45) is 0. The molecule has 74 valence electrons. The van der Waals surface area contributed by atoms with Crippen LogP contribution >= 0.6 is 38.5 Å². The Balaban J connectivity index is 2.58. The van der Waals surface area contributed by atoms with E-state index in [0.29, 0.717) is 14.5 Å². The normalized spacial score (nSPS) is 11.3. The van der Waals surface area contributed by atoms with E-state index in [-0.39, 0.29) is 0 Å². The van der Waals surface area contributed by atoms with Gasteiger partial charge in [0.1, 0.15) is 0 Å². The van der Waals surface area contributed by atoms with Gasteiger partial charge in [0.05, 0.1) is 0 Å². The van der Waals surface area contributed by atoms with Crippen molar-refractivity contribution in [1.82, 2.24) is 0 Å². The van der Waals surface area contributed by atoms with Crippen molar-refractivity contribution >= 4 is 72.3 Å². The van der Waals surface area contributed by atoms with Gasteiger partial charge in [0.15, 0.2) is 0 Å². The molecule has 1 aromatic heterocycles. The Morgan fingerprint density at radius 1 is 1.07 bits per heavy atom. The first-order valence-corrected chi connectivity index (χ1v) is 8.10. The van der Waals surface area contributed by atoms with Crippen LogP contribution < -0.4 is 0 Å². The molecule has 1 heterocycles. The van der Waals surface area contributed by atoms with Gasteiger partial charge in [0.2, 0.25) is 0 Å². The predicted molar refractivity (Wildman–Crippen MR) is 78.8 cm³/mol. The van der Waals surface area contributed by atoms with Gasteiger partial charge >= 0.3 is 117 Å². The van der Waals surface area contributed by atoms with Crippen molar-refractivity contribution in [2.75, 3.05) is 0 Å². The van der Waals surface area contributed by atoms with Crippen LogP contribution in [0.15, 0.2) is 40.9 Å². The molecular weight excluding hydrogens is 430 g/mol. The molecule has 0 saturated heterocycles. The fourth-order valence-electron chi connectivity index (χ4n) is 1.74. The van der Waals surface area contributed by atoms with Crippen LogP contribution in [-0.2, 0) is 0 Å². The van der Waals surface area contributed by atoms with E-state index in [1.807, 2.05) is 0 Å². The minimum absolute atomic E-state index is 0.467. The van der Waals surface area contributed by atoms with Gasteiger partial charge in [-0.15, -0.1) is 0 Å². The second-order valence-corrected chi connectivity index (χ2v) is 7.67. The molecule has 0 fully saturated rings. The van der Waals surface area contributed by atoms with Crippen molar-refractivity contribution in [3.05, 3.63) is 44.4 Å². The van der Waals surface area contributed by atoms with E-state index in [9.17, 15) is 0 Å². The molecule has 0 radical (unpaired) electrons. The second-order valence-electron chi connectivity index (χ2n) is 3.36. The van der Waals surface area contributed by atoms with E-state index < -0.39 is 0 Å². The summed E-state index contributed by atoms with van der Waals surface area (Å²) in [5.41, 5.74) is 0. The first kappa shape index (κ1) is 10.3. The predicted octanol–water partition coefficient (Wildman–Crippen LogP) is 4.42. The molecule has 2 aromatic carbocycles. The van der Waals surface area contributed by atoms with Crippen LogP contribution in [0.3, 0.4) is 0 Å². The quantitative estimate of drug-likeness (QED) is 0.362. The second kappa shape index (κ2) is 3.88. The number of hydrogen-bond acceptors (Lipinski definition) is 0. The van der Waals surface area contributed by atoms with E-state index >= 15 is 0 Å². The first-order valence-electron chi connectivity index (χ1n) is 4.52. The molecule has 0 nitrogen and oxygen atoms in total. The van der Waals surface area contributed by atoms with Crippen molar-refractivity contribution in [1.29, 1.82) is 0 Å². The van der Waals surface area contributed by atoms with Gasteiger partial charge < -0.3 is 0 Å². The van der Waals surface area contributed by atoms with Gasteiger partial charge in [-0.25, -0.2) is 0 Å². The number of halogens is 2. The Morgan fingerprint density at radius 3 is 2.80 bits per heavy atom. The van der Waals surface area contributed by atoms with E-state index in [1.165, 1.54) is 27.3 Å². The number of hydrogen-bond donors (Lipinski definition) is 0. The van der Waals surface area contributed by atoms with Gasteiger partial charge in [-0.2, -0.15) is 0 Å². The molecule has 0 saturated carbocycles. The molecule has 0 aliphatic rings. The summed E-state index contributed by atoms with van der Waals surface area (Å²) in [6.45, 7) is 0. The molecular formula is C12H6BrISe. The summed E-state index contributed by atoms with van der Waals surface area (Å²) < 4.78 is 5.56. The average molecular weight is 436 g/mol. The van der Waals surface area contributed by atoms with Crippen LogP contribution in [0.1, 0.15) is 0 Å². The maximum absolute atomic E-state index is 3.64. The Labute approximate surface area is 116 Å². The zero-order valence-corrected chi connectivity index (χ0v) is 13.1. The summed E-state index contributed by atoms with van der Waals surface area (Å²) in [4.78, 5) is 0. The third kappa shape index (κ3) is 1.70. The molecule has 0 unspecified atom stereocenters. The molecule has 15 heavy (non-hydrogen) atoms. The average Bonchev–Trinajstić information content (AvgIpc) is 2.58. The van der Waals surface area contributed by atoms with E-state index in [4.69, 9.17) is 0 Å². The molecule has 0 aliphatic heterocycles. The Bertz CT molecular complexity index is 657. The first-order chi connectivity index (χ1) is 7.25. The minimum atomic E-state index is 0.467.